The fraction of sp³-hybridized carbons (Fsp3) is 0.306. The van der Waals surface area contributed by atoms with Crippen LogP contribution < -0.4 is 14.2 Å². The molecule has 1 amide bonds. The third-order valence-electron chi connectivity index (χ3n) is 7.90. The van der Waals surface area contributed by atoms with Crippen molar-refractivity contribution in [2.45, 2.75) is 58.0 Å². The molecule has 5 rings (SSSR count). The van der Waals surface area contributed by atoms with Gasteiger partial charge in [0.25, 0.3) is 0 Å². The number of aliphatic hydroxyl groups is 1. The van der Waals surface area contributed by atoms with Gasteiger partial charge in [0.2, 0.25) is 5.91 Å². The first-order chi connectivity index (χ1) is 20.5. The number of fused-ring (bicyclic) bond motifs is 1. The minimum atomic E-state index is -0.815. The highest BCUT2D eigenvalue weighted by Gasteiger charge is 2.29. The molecule has 2 atom stereocenters. The number of carbonyl (C=O) groups excluding carboxylic acids is 1. The minimum Gasteiger partial charge on any atom is -0.497 e. The van der Waals surface area contributed by atoms with Crippen molar-refractivity contribution in [3.63, 3.8) is 0 Å². The first kappa shape index (κ1) is 29.2. The van der Waals surface area contributed by atoms with Gasteiger partial charge in [0.15, 0.2) is 11.5 Å². The van der Waals surface area contributed by atoms with Crippen LogP contribution in [0.2, 0.25) is 0 Å². The molecule has 0 spiro atoms. The molecule has 1 aliphatic carbocycles. The van der Waals surface area contributed by atoms with Gasteiger partial charge < -0.3 is 24.2 Å². The molecule has 6 heteroatoms. The van der Waals surface area contributed by atoms with Gasteiger partial charge in [-0.25, -0.2) is 0 Å². The van der Waals surface area contributed by atoms with Crippen molar-refractivity contribution >= 4 is 5.91 Å². The van der Waals surface area contributed by atoms with Gasteiger partial charge in [0.05, 0.1) is 19.8 Å². The normalized spacial score (nSPS) is 15.2. The highest BCUT2D eigenvalue weighted by Crippen LogP contribution is 2.39. The lowest BCUT2D eigenvalue weighted by molar-refractivity contribution is -0.133. The van der Waals surface area contributed by atoms with E-state index in [9.17, 15) is 9.90 Å². The standard InChI is InChI=1S/C36H39NO5/c1-26(38)37(23-34(39)30-15-9-17-32(22-30)40-2)31-16-10-18-33-29(21-31)19-20-35(41-24-27-11-5-3-6-12-27)36(33)42-25-28-13-7-4-8-14-28/h3-9,11-15,17,19-20,22,31,34,39H,10,16,18,21,23-25H2,1-2H3. The van der Waals surface area contributed by atoms with Crippen LogP contribution in [-0.2, 0) is 30.8 Å². The highest BCUT2D eigenvalue weighted by atomic mass is 16.5. The van der Waals surface area contributed by atoms with Crippen LogP contribution >= 0.6 is 0 Å². The third-order valence-corrected chi connectivity index (χ3v) is 7.90. The van der Waals surface area contributed by atoms with Gasteiger partial charge in [-0.1, -0.05) is 78.9 Å². The maximum atomic E-state index is 12.9. The van der Waals surface area contributed by atoms with E-state index in [1.807, 2.05) is 71.6 Å². The average Bonchev–Trinajstić information content (AvgIpc) is 3.25. The second-order valence-corrected chi connectivity index (χ2v) is 10.8. The summed E-state index contributed by atoms with van der Waals surface area (Å²) in [5, 5.41) is 11.1. The minimum absolute atomic E-state index is 0.0398. The molecular weight excluding hydrogens is 526 g/mol. The van der Waals surface area contributed by atoms with Crippen LogP contribution in [-0.4, -0.2) is 35.6 Å². The summed E-state index contributed by atoms with van der Waals surface area (Å²) in [4.78, 5) is 14.7. The van der Waals surface area contributed by atoms with Crippen LogP contribution in [0.25, 0.3) is 0 Å². The predicted octanol–water partition coefficient (Wildman–Crippen LogP) is 6.68. The number of methoxy groups -OCH3 is 1. The summed E-state index contributed by atoms with van der Waals surface area (Å²) < 4.78 is 18.1. The molecule has 0 saturated heterocycles. The molecule has 0 radical (unpaired) electrons. The van der Waals surface area contributed by atoms with E-state index >= 15 is 0 Å². The van der Waals surface area contributed by atoms with Gasteiger partial charge >= 0.3 is 0 Å². The van der Waals surface area contributed by atoms with Gasteiger partial charge in [-0.05, 0) is 66.1 Å². The SMILES string of the molecule is COc1cccc(C(O)CN(C(C)=O)C2CCCc3c(ccc(OCc4ccccc4)c3OCc3ccccc3)C2)c1. The van der Waals surface area contributed by atoms with Crippen LogP contribution in [0.5, 0.6) is 17.2 Å². The van der Waals surface area contributed by atoms with Crippen LogP contribution in [0.1, 0.15) is 53.7 Å². The van der Waals surface area contributed by atoms with Crippen molar-refractivity contribution in [2.24, 2.45) is 0 Å². The monoisotopic (exact) mass is 565 g/mol. The summed E-state index contributed by atoms with van der Waals surface area (Å²) in [6, 6.07) is 31.7. The van der Waals surface area contributed by atoms with Crippen LogP contribution in [0.15, 0.2) is 97.1 Å². The molecule has 0 saturated carbocycles. The van der Waals surface area contributed by atoms with Gasteiger partial charge in [-0.15, -0.1) is 0 Å². The lowest BCUT2D eigenvalue weighted by Crippen LogP contribution is -2.42. The lowest BCUT2D eigenvalue weighted by atomic mass is 9.98. The van der Waals surface area contributed by atoms with E-state index in [0.717, 1.165) is 58.6 Å². The topological polar surface area (TPSA) is 68.2 Å². The number of carbonyl (C=O) groups is 1. The predicted molar refractivity (Wildman–Crippen MR) is 164 cm³/mol. The summed E-state index contributed by atoms with van der Waals surface area (Å²) in [5.74, 6) is 2.13. The summed E-state index contributed by atoms with van der Waals surface area (Å²) >= 11 is 0. The molecule has 4 aromatic carbocycles. The molecule has 0 heterocycles. The molecule has 0 aliphatic heterocycles. The molecule has 4 aromatic rings. The number of rotatable bonds is 11. The maximum Gasteiger partial charge on any atom is 0.219 e. The largest absolute Gasteiger partial charge is 0.497 e. The van der Waals surface area contributed by atoms with Crippen LogP contribution in [0, 0.1) is 0 Å². The fourth-order valence-electron chi connectivity index (χ4n) is 5.66. The first-order valence-corrected chi connectivity index (χ1v) is 14.6. The molecular formula is C36H39NO5. The molecule has 0 bridgehead atoms. The number of hydrogen-bond acceptors (Lipinski definition) is 5. The van der Waals surface area contributed by atoms with Crippen molar-refractivity contribution in [3.05, 3.63) is 125 Å². The summed E-state index contributed by atoms with van der Waals surface area (Å²) in [7, 11) is 1.60. The number of amides is 1. The Morgan fingerprint density at radius 2 is 1.60 bits per heavy atom. The average molecular weight is 566 g/mol. The molecule has 6 nitrogen and oxygen atoms in total. The third kappa shape index (κ3) is 7.31. The summed E-state index contributed by atoms with van der Waals surface area (Å²) in [6.45, 7) is 2.69. The molecule has 0 fully saturated rings. The van der Waals surface area contributed by atoms with Gasteiger partial charge in [-0.3, -0.25) is 4.79 Å². The van der Waals surface area contributed by atoms with E-state index in [0.29, 0.717) is 25.4 Å². The van der Waals surface area contributed by atoms with Crippen molar-refractivity contribution < 1.29 is 24.1 Å². The van der Waals surface area contributed by atoms with Crippen molar-refractivity contribution in [1.29, 1.82) is 0 Å². The zero-order valence-corrected chi connectivity index (χ0v) is 24.4. The maximum absolute atomic E-state index is 12.9. The van der Waals surface area contributed by atoms with Crippen LogP contribution in [0.4, 0.5) is 0 Å². The lowest BCUT2D eigenvalue weighted by Gasteiger charge is -2.32. The highest BCUT2D eigenvalue weighted by molar-refractivity contribution is 5.73. The molecule has 1 aliphatic rings. The van der Waals surface area contributed by atoms with E-state index in [2.05, 4.69) is 30.3 Å². The van der Waals surface area contributed by atoms with Crippen molar-refractivity contribution in [1.82, 2.24) is 4.90 Å². The Hall–Kier alpha value is -4.29. The van der Waals surface area contributed by atoms with E-state index < -0.39 is 6.10 Å². The Labute approximate surface area is 248 Å². The Bertz CT molecular complexity index is 1460. The number of ether oxygens (including phenoxy) is 3. The van der Waals surface area contributed by atoms with E-state index in [4.69, 9.17) is 14.2 Å². The second-order valence-electron chi connectivity index (χ2n) is 10.8. The second kappa shape index (κ2) is 14.1. The Kier molecular flexibility index (Phi) is 9.78. The van der Waals surface area contributed by atoms with E-state index in [1.165, 1.54) is 0 Å². The number of aliphatic hydroxyl groups excluding tert-OH is 1. The molecule has 0 aromatic heterocycles. The molecule has 1 N–H and O–H groups in total. The van der Waals surface area contributed by atoms with E-state index in [1.54, 1.807) is 14.0 Å². The quantitative estimate of drug-likeness (QED) is 0.206. The number of nitrogens with zero attached hydrogens (tertiary/aromatic N) is 1. The Morgan fingerprint density at radius 1 is 0.905 bits per heavy atom. The zero-order valence-electron chi connectivity index (χ0n) is 24.4. The summed E-state index contributed by atoms with van der Waals surface area (Å²) in [6.07, 6.45) is 2.41. The Morgan fingerprint density at radius 3 is 2.26 bits per heavy atom. The molecule has 218 valence electrons. The van der Waals surface area contributed by atoms with Gasteiger partial charge in [0.1, 0.15) is 19.0 Å². The zero-order chi connectivity index (χ0) is 29.3. The van der Waals surface area contributed by atoms with Gasteiger partial charge in [-0.2, -0.15) is 0 Å². The number of hydrogen-bond donors (Lipinski definition) is 1. The Balaban J connectivity index is 1.39. The molecule has 42 heavy (non-hydrogen) atoms. The summed E-state index contributed by atoms with van der Waals surface area (Å²) in [5.41, 5.74) is 5.19. The number of benzene rings is 4. The van der Waals surface area contributed by atoms with Crippen LogP contribution in [0.3, 0.4) is 0 Å². The first-order valence-electron chi connectivity index (χ1n) is 14.6. The van der Waals surface area contributed by atoms with E-state index in [-0.39, 0.29) is 18.5 Å². The smallest absolute Gasteiger partial charge is 0.219 e. The van der Waals surface area contributed by atoms with Gasteiger partial charge in [0, 0.05) is 18.5 Å². The van der Waals surface area contributed by atoms with Crippen molar-refractivity contribution in [2.75, 3.05) is 13.7 Å². The molecule has 2 unspecified atom stereocenters. The van der Waals surface area contributed by atoms with Crippen molar-refractivity contribution in [3.8, 4) is 17.2 Å². The fourth-order valence-corrected chi connectivity index (χ4v) is 5.66.